The first-order valence-electron chi connectivity index (χ1n) is 6.87. The minimum absolute atomic E-state index is 0.845. The van der Waals surface area contributed by atoms with Gasteiger partial charge in [-0.05, 0) is 37.0 Å². The number of hydrogen-bond donors (Lipinski definition) is 0. The fraction of sp³-hybridized carbons (Fsp3) is 0.562. The van der Waals surface area contributed by atoms with Crippen LogP contribution in [0.2, 0.25) is 0 Å². The highest BCUT2D eigenvalue weighted by Crippen LogP contribution is 2.14. The molecule has 0 spiro atoms. The van der Waals surface area contributed by atoms with Gasteiger partial charge >= 0.3 is 0 Å². The predicted octanol–water partition coefficient (Wildman–Crippen LogP) is 4.80. The monoisotopic (exact) mass is 233 g/mol. The predicted molar refractivity (Wildman–Crippen MR) is 74.4 cm³/mol. The van der Waals surface area contributed by atoms with E-state index in [1.165, 1.54) is 24.8 Å². The summed E-state index contributed by atoms with van der Waals surface area (Å²) in [7, 11) is 0. The van der Waals surface area contributed by atoms with Gasteiger partial charge in [0.15, 0.2) is 0 Å². The zero-order chi connectivity index (χ0) is 12.3. The first kappa shape index (κ1) is 14.1. The highest BCUT2D eigenvalue weighted by atomic mass is 16.5. The molecule has 0 saturated heterocycles. The van der Waals surface area contributed by atoms with E-state index in [-0.39, 0.29) is 0 Å². The molecule has 1 rings (SSSR count). The third-order valence-corrected chi connectivity index (χ3v) is 2.91. The molecule has 17 heavy (non-hydrogen) atoms. The number of hydrogen-bond acceptors (Lipinski definition) is 1. The van der Waals surface area contributed by atoms with Crippen LogP contribution in [0.4, 0.5) is 0 Å². The van der Waals surface area contributed by atoms with Crippen molar-refractivity contribution in [2.24, 2.45) is 0 Å². The van der Waals surface area contributed by atoms with Crippen LogP contribution in [0.5, 0.6) is 5.75 Å². The van der Waals surface area contributed by atoms with E-state index < -0.39 is 0 Å². The van der Waals surface area contributed by atoms with Crippen LogP contribution in [0.25, 0.3) is 0 Å². The van der Waals surface area contributed by atoms with Crippen molar-refractivity contribution in [2.75, 3.05) is 6.61 Å². The Morgan fingerprint density at radius 1 is 1.00 bits per heavy atom. The molecule has 0 aliphatic carbocycles. The first-order chi connectivity index (χ1) is 8.36. The summed E-state index contributed by atoms with van der Waals surface area (Å²) in [6.45, 7) is 6.93. The maximum Gasteiger partial charge on any atom is 0.119 e. The zero-order valence-corrected chi connectivity index (χ0v) is 11.1. The van der Waals surface area contributed by atoms with Crippen molar-refractivity contribution in [2.45, 2.75) is 51.9 Å². The van der Waals surface area contributed by atoms with E-state index in [1.807, 2.05) is 0 Å². The second-order valence-corrected chi connectivity index (χ2v) is 4.51. The Balaban J connectivity index is 2.20. The lowest BCUT2D eigenvalue weighted by Gasteiger charge is -2.07. The van der Waals surface area contributed by atoms with Crippen molar-refractivity contribution >= 4 is 0 Å². The van der Waals surface area contributed by atoms with E-state index in [1.54, 1.807) is 0 Å². The quantitative estimate of drug-likeness (QED) is 0.556. The summed E-state index contributed by atoms with van der Waals surface area (Å²) < 4.78 is 5.70. The van der Waals surface area contributed by atoms with Gasteiger partial charge in [0.1, 0.15) is 5.75 Å². The Kier molecular flexibility index (Phi) is 7.53. The van der Waals surface area contributed by atoms with Crippen LogP contribution in [0.3, 0.4) is 0 Å². The van der Waals surface area contributed by atoms with E-state index in [2.05, 4.69) is 38.1 Å². The Hall–Kier alpha value is -0.980. The molecule has 1 aromatic rings. The highest BCUT2D eigenvalue weighted by molar-refractivity contribution is 5.27. The smallest absolute Gasteiger partial charge is 0.119 e. The largest absolute Gasteiger partial charge is 0.494 e. The third kappa shape index (κ3) is 6.35. The summed E-state index contributed by atoms with van der Waals surface area (Å²) in [4.78, 5) is 0. The van der Waals surface area contributed by atoms with Crippen molar-refractivity contribution in [1.29, 1.82) is 0 Å². The van der Waals surface area contributed by atoms with Gasteiger partial charge in [-0.3, -0.25) is 0 Å². The van der Waals surface area contributed by atoms with Gasteiger partial charge < -0.3 is 4.74 Å². The van der Waals surface area contributed by atoms with Crippen LogP contribution < -0.4 is 4.74 Å². The van der Waals surface area contributed by atoms with Crippen molar-refractivity contribution < 1.29 is 4.74 Å². The summed E-state index contributed by atoms with van der Waals surface area (Å²) in [5, 5.41) is 0. The second kappa shape index (κ2) is 9.09. The average Bonchev–Trinajstić information content (AvgIpc) is 2.37. The van der Waals surface area contributed by atoms with Crippen molar-refractivity contribution in [3.05, 3.63) is 36.8 Å². The van der Waals surface area contributed by atoms with Crippen molar-refractivity contribution in [1.82, 2.24) is 0 Å². The fourth-order valence-corrected chi connectivity index (χ4v) is 1.80. The first-order valence-corrected chi connectivity index (χ1v) is 6.87. The molecule has 0 heterocycles. The topological polar surface area (TPSA) is 9.23 Å². The van der Waals surface area contributed by atoms with Crippen LogP contribution in [-0.2, 0) is 6.42 Å². The van der Waals surface area contributed by atoms with Gasteiger partial charge in [0, 0.05) is 0 Å². The van der Waals surface area contributed by atoms with Crippen LogP contribution in [0.15, 0.2) is 24.3 Å². The molecular weight excluding hydrogens is 208 g/mol. The maximum absolute atomic E-state index is 5.70. The summed E-state index contributed by atoms with van der Waals surface area (Å²) in [5.74, 6) is 1.000. The molecule has 95 valence electrons. The molecule has 0 fully saturated rings. The molecule has 0 unspecified atom stereocenters. The van der Waals surface area contributed by atoms with Gasteiger partial charge in [0.05, 0.1) is 6.61 Å². The molecule has 0 aliphatic heterocycles. The van der Waals surface area contributed by atoms with Gasteiger partial charge in [-0.25, -0.2) is 0 Å². The molecule has 0 saturated carbocycles. The van der Waals surface area contributed by atoms with Crippen LogP contribution in [0.1, 0.15) is 51.0 Å². The molecule has 1 radical (unpaired) electrons. The Morgan fingerprint density at radius 2 is 1.76 bits per heavy atom. The van der Waals surface area contributed by atoms with Crippen molar-refractivity contribution in [3.63, 3.8) is 0 Å². The minimum atomic E-state index is 0.845. The van der Waals surface area contributed by atoms with Crippen LogP contribution >= 0.6 is 0 Å². The number of unbranched alkanes of at least 4 members (excludes halogenated alkanes) is 4. The molecule has 0 bridgehead atoms. The third-order valence-electron chi connectivity index (χ3n) is 2.91. The van der Waals surface area contributed by atoms with Crippen LogP contribution in [0, 0.1) is 6.92 Å². The number of rotatable bonds is 9. The normalized spacial score (nSPS) is 10.5. The number of aryl methyl sites for hydroxylation is 1. The SMILES string of the molecule is [CH2]CCCc1ccc(OCCCCCC)cc1. The Morgan fingerprint density at radius 3 is 2.41 bits per heavy atom. The molecule has 0 amide bonds. The lowest BCUT2D eigenvalue weighted by Crippen LogP contribution is -1.97. The zero-order valence-electron chi connectivity index (χ0n) is 11.1. The van der Waals surface area contributed by atoms with E-state index in [9.17, 15) is 0 Å². The standard InChI is InChI=1S/C16H25O/c1-3-5-7-8-14-17-16-12-10-15(11-13-16)9-6-4-2/h10-13H,2-9,14H2,1H3. The summed E-state index contributed by atoms with van der Waals surface area (Å²) in [6, 6.07) is 8.49. The molecule has 0 aliphatic rings. The molecule has 1 aromatic carbocycles. The van der Waals surface area contributed by atoms with E-state index in [0.717, 1.165) is 38.0 Å². The lowest BCUT2D eigenvalue weighted by molar-refractivity contribution is 0.305. The summed E-state index contributed by atoms with van der Waals surface area (Å²) in [6.07, 6.45) is 8.33. The van der Waals surface area contributed by atoms with Gasteiger partial charge in [-0.2, -0.15) is 0 Å². The summed E-state index contributed by atoms with van der Waals surface area (Å²) >= 11 is 0. The molecule has 1 heteroatoms. The molecule has 1 nitrogen and oxygen atoms in total. The average molecular weight is 233 g/mol. The Labute approximate surface area is 106 Å². The molecule has 0 aromatic heterocycles. The lowest BCUT2D eigenvalue weighted by atomic mass is 10.1. The maximum atomic E-state index is 5.70. The van der Waals surface area contributed by atoms with Gasteiger partial charge in [0.25, 0.3) is 0 Å². The fourth-order valence-electron chi connectivity index (χ4n) is 1.80. The number of benzene rings is 1. The minimum Gasteiger partial charge on any atom is -0.494 e. The molecule has 0 N–H and O–H groups in total. The van der Waals surface area contributed by atoms with Crippen LogP contribution in [-0.4, -0.2) is 6.61 Å². The highest BCUT2D eigenvalue weighted by Gasteiger charge is 1.95. The number of ether oxygens (including phenoxy) is 1. The van der Waals surface area contributed by atoms with E-state index >= 15 is 0 Å². The second-order valence-electron chi connectivity index (χ2n) is 4.51. The van der Waals surface area contributed by atoms with Gasteiger partial charge in [-0.15, -0.1) is 0 Å². The van der Waals surface area contributed by atoms with Crippen molar-refractivity contribution in [3.8, 4) is 5.75 Å². The van der Waals surface area contributed by atoms with E-state index in [4.69, 9.17) is 4.74 Å². The van der Waals surface area contributed by atoms with E-state index in [0.29, 0.717) is 0 Å². The summed E-state index contributed by atoms with van der Waals surface area (Å²) in [5.41, 5.74) is 1.38. The molecule has 0 atom stereocenters. The Bertz CT molecular complexity index is 276. The van der Waals surface area contributed by atoms with Gasteiger partial charge in [0.2, 0.25) is 0 Å². The van der Waals surface area contributed by atoms with Gasteiger partial charge in [-0.1, -0.05) is 51.7 Å². The molecular formula is C16H25O.